The fourth-order valence-electron chi connectivity index (χ4n) is 3.86. The maximum absolute atomic E-state index is 14.8. The van der Waals surface area contributed by atoms with Crippen LogP contribution in [0.25, 0.3) is 0 Å². The van der Waals surface area contributed by atoms with Gasteiger partial charge in [0, 0.05) is 38.2 Å². The number of amides is 3. The molecule has 2 aromatic carbocycles. The lowest BCUT2D eigenvalue weighted by atomic mass is 10.3. The van der Waals surface area contributed by atoms with Crippen molar-refractivity contribution >= 4 is 33.6 Å². The van der Waals surface area contributed by atoms with E-state index >= 15 is 0 Å². The van der Waals surface area contributed by atoms with Crippen LogP contribution >= 0.6 is 11.6 Å². The second-order valence-electron chi connectivity index (χ2n) is 8.85. The lowest BCUT2D eigenvalue weighted by Crippen LogP contribution is -2.46. The number of ether oxygens (including phenoxy) is 1. The number of halogens is 3. The van der Waals surface area contributed by atoms with E-state index in [4.69, 9.17) is 21.5 Å². The van der Waals surface area contributed by atoms with Crippen molar-refractivity contribution in [3.8, 4) is 11.5 Å². The predicted octanol–water partition coefficient (Wildman–Crippen LogP) is 2.64. The fourth-order valence-corrected chi connectivity index (χ4v) is 5.40. The summed E-state index contributed by atoms with van der Waals surface area (Å²) in [6, 6.07) is 6.30. The summed E-state index contributed by atoms with van der Waals surface area (Å²) in [7, 11) is -3.22. The molecule has 39 heavy (non-hydrogen) atoms. The van der Waals surface area contributed by atoms with Crippen LogP contribution in [-0.4, -0.2) is 92.5 Å². The molecule has 0 aromatic heterocycles. The van der Waals surface area contributed by atoms with Gasteiger partial charge in [-0.25, -0.2) is 27.5 Å². The van der Waals surface area contributed by atoms with Crippen molar-refractivity contribution in [1.82, 2.24) is 24.9 Å². The Bertz CT molecular complexity index is 1240. The van der Waals surface area contributed by atoms with E-state index in [9.17, 15) is 26.8 Å². The standard InChI is InChI=1S/C24H30ClF2N5O6S/c1-30(24(34)28-8-11-31-9-2-3-10-31)12-13-32(16-22(33)29-35)39(36,37)19-14-20(26)23(21(27)15-19)38-18-6-4-17(25)5-7-18/h4-7,14-15,35H,2-3,8-13,16H2,1H3,(H,28,34)(H,29,33). The van der Waals surface area contributed by atoms with Crippen molar-refractivity contribution in [2.45, 2.75) is 17.7 Å². The summed E-state index contributed by atoms with van der Waals surface area (Å²) in [6.45, 7) is 1.61. The first kappa shape index (κ1) is 30.5. The number of hydrogen-bond acceptors (Lipinski definition) is 7. The summed E-state index contributed by atoms with van der Waals surface area (Å²) in [5.41, 5.74) is 1.33. The Morgan fingerprint density at radius 2 is 1.72 bits per heavy atom. The first-order chi connectivity index (χ1) is 18.5. The summed E-state index contributed by atoms with van der Waals surface area (Å²) in [6.07, 6.45) is 2.23. The van der Waals surface area contributed by atoms with Gasteiger partial charge in [0.2, 0.25) is 10.0 Å². The van der Waals surface area contributed by atoms with Gasteiger partial charge in [-0.2, -0.15) is 4.31 Å². The molecule has 214 valence electrons. The van der Waals surface area contributed by atoms with E-state index in [1.807, 2.05) is 0 Å². The van der Waals surface area contributed by atoms with Crippen molar-refractivity contribution in [3.05, 3.63) is 53.1 Å². The average molecular weight is 590 g/mol. The highest BCUT2D eigenvalue weighted by atomic mass is 35.5. The number of rotatable bonds is 12. The number of nitrogens with one attached hydrogen (secondary N) is 2. The Balaban J connectivity index is 1.71. The maximum atomic E-state index is 14.8. The fraction of sp³-hybridized carbons (Fsp3) is 0.417. The van der Waals surface area contributed by atoms with E-state index in [0.29, 0.717) is 34.6 Å². The summed E-state index contributed by atoms with van der Waals surface area (Å²) in [4.78, 5) is 26.9. The molecule has 1 aliphatic rings. The number of likely N-dealkylation sites (tertiary alicyclic amines) is 1. The number of urea groups is 1. The quantitative estimate of drug-likeness (QED) is 0.256. The molecule has 0 atom stereocenters. The van der Waals surface area contributed by atoms with E-state index in [2.05, 4.69) is 10.2 Å². The molecule has 0 saturated carbocycles. The Morgan fingerprint density at radius 1 is 1.10 bits per heavy atom. The van der Waals surface area contributed by atoms with E-state index in [1.54, 1.807) is 0 Å². The minimum atomic E-state index is -4.65. The highest BCUT2D eigenvalue weighted by Gasteiger charge is 2.30. The molecule has 3 N–H and O–H groups in total. The molecule has 3 amide bonds. The number of hydrogen-bond donors (Lipinski definition) is 3. The molecule has 3 rings (SSSR count). The second-order valence-corrected chi connectivity index (χ2v) is 11.2. The maximum Gasteiger partial charge on any atom is 0.317 e. The lowest BCUT2D eigenvalue weighted by molar-refractivity contribution is -0.129. The Labute approximate surface area is 230 Å². The minimum absolute atomic E-state index is 0.0656. The van der Waals surface area contributed by atoms with Gasteiger partial charge in [0.05, 0.1) is 11.4 Å². The van der Waals surface area contributed by atoms with Gasteiger partial charge in [0.25, 0.3) is 5.91 Å². The molecule has 0 bridgehead atoms. The Morgan fingerprint density at radius 3 is 2.31 bits per heavy atom. The molecule has 0 aliphatic carbocycles. The van der Waals surface area contributed by atoms with Crippen molar-refractivity contribution in [2.24, 2.45) is 0 Å². The number of likely N-dealkylation sites (N-methyl/N-ethyl adjacent to an activating group) is 1. The zero-order chi connectivity index (χ0) is 28.6. The van der Waals surface area contributed by atoms with Crippen LogP contribution in [0.5, 0.6) is 11.5 Å². The molecule has 2 aromatic rings. The van der Waals surface area contributed by atoms with Gasteiger partial charge in [-0.3, -0.25) is 10.0 Å². The monoisotopic (exact) mass is 589 g/mol. The third kappa shape index (κ3) is 8.47. The zero-order valence-electron chi connectivity index (χ0n) is 21.2. The van der Waals surface area contributed by atoms with E-state index in [1.165, 1.54) is 41.7 Å². The van der Waals surface area contributed by atoms with Gasteiger partial charge in [-0.1, -0.05) is 11.6 Å². The van der Waals surface area contributed by atoms with Crippen LogP contribution in [0.15, 0.2) is 41.3 Å². The molecule has 0 radical (unpaired) electrons. The topological polar surface area (TPSA) is 132 Å². The van der Waals surface area contributed by atoms with Crippen molar-refractivity contribution in [3.63, 3.8) is 0 Å². The molecule has 0 unspecified atom stereocenters. The molecule has 11 nitrogen and oxygen atoms in total. The molecule has 1 saturated heterocycles. The summed E-state index contributed by atoms with van der Waals surface area (Å²) >= 11 is 5.79. The summed E-state index contributed by atoms with van der Waals surface area (Å²) in [5.74, 6) is -4.45. The Hall–Kier alpha value is -3.04. The molecule has 0 spiro atoms. The SMILES string of the molecule is CN(CCN(CC(=O)NO)S(=O)(=O)c1cc(F)c(Oc2ccc(Cl)cc2)c(F)c1)C(=O)NCCN1CCCC1. The third-order valence-corrected chi connectivity index (χ3v) is 8.10. The molecule has 1 aliphatic heterocycles. The van der Waals surface area contributed by atoms with Gasteiger partial charge >= 0.3 is 6.03 Å². The van der Waals surface area contributed by atoms with Crippen molar-refractivity contribution in [1.29, 1.82) is 0 Å². The largest absolute Gasteiger partial charge is 0.451 e. The average Bonchev–Trinajstić information content (AvgIpc) is 3.42. The van der Waals surface area contributed by atoms with Crippen molar-refractivity contribution in [2.75, 3.05) is 52.9 Å². The highest BCUT2D eigenvalue weighted by molar-refractivity contribution is 7.89. The van der Waals surface area contributed by atoms with Crippen LogP contribution in [0.2, 0.25) is 5.02 Å². The van der Waals surface area contributed by atoms with Crippen LogP contribution in [0.1, 0.15) is 12.8 Å². The van der Waals surface area contributed by atoms with E-state index in [-0.39, 0.29) is 12.3 Å². The lowest BCUT2D eigenvalue weighted by Gasteiger charge is -2.25. The highest BCUT2D eigenvalue weighted by Crippen LogP contribution is 2.31. The van der Waals surface area contributed by atoms with Gasteiger partial charge in [-0.05, 0) is 62.3 Å². The van der Waals surface area contributed by atoms with Crippen LogP contribution in [0.3, 0.4) is 0 Å². The van der Waals surface area contributed by atoms with Crippen LogP contribution in [-0.2, 0) is 14.8 Å². The van der Waals surface area contributed by atoms with Crippen LogP contribution < -0.4 is 15.5 Å². The van der Waals surface area contributed by atoms with Gasteiger partial charge in [0.15, 0.2) is 17.4 Å². The Kier molecular flexibility index (Phi) is 10.8. The number of sulfonamides is 1. The van der Waals surface area contributed by atoms with Gasteiger partial charge in [-0.15, -0.1) is 0 Å². The van der Waals surface area contributed by atoms with Gasteiger partial charge in [0.1, 0.15) is 5.75 Å². The summed E-state index contributed by atoms with van der Waals surface area (Å²) < 4.78 is 61.9. The number of benzene rings is 2. The molecular weight excluding hydrogens is 560 g/mol. The first-order valence-electron chi connectivity index (χ1n) is 12.1. The predicted molar refractivity (Wildman–Crippen MR) is 138 cm³/mol. The van der Waals surface area contributed by atoms with Crippen LogP contribution in [0, 0.1) is 11.6 Å². The van der Waals surface area contributed by atoms with E-state index < -0.39 is 57.3 Å². The van der Waals surface area contributed by atoms with Gasteiger partial charge < -0.3 is 19.9 Å². The van der Waals surface area contributed by atoms with E-state index in [0.717, 1.165) is 25.9 Å². The third-order valence-electron chi connectivity index (χ3n) is 6.02. The zero-order valence-corrected chi connectivity index (χ0v) is 22.8. The molecule has 1 heterocycles. The number of carbonyl (C=O) groups is 2. The minimum Gasteiger partial charge on any atom is -0.451 e. The molecule has 1 fully saturated rings. The summed E-state index contributed by atoms with van der Waals surface area (Å²) in [5, 5.41) is 12.0. The molecular formula is C24H30ClF2N5O6S. The molecule has 15 heteroatoms. The van der Waals surface area contributed by atoms with Crippen molar-refractivity contribution < 1.29 is 36.7 Å². The number of nitrogens with zero attached hydrogens (tertiary/aromatic N) is 3. The number of carbonyl (C=O) groups excluding carboxylic acids is 2. The smallest absolute Gasteiger partial charge is 0.317 e. The normalized spacial score (nSPS) is 13.9. The second kappa shape index (κ2) is 13.8. The van der Waals surface area contributed by atoms with Crippen LogP contribution in [0.4, 0.5) is 13.6 Å². The first-order valence-corrected chi connectivity index (χ1v) is 13.9. The number of hydroxylamine groups is 1.